The number of hydrogen-bond acceptors (Lipinski definition) is 4. The highest BCUT2D eigenvalue weighted by Crippen LogP contribution is 2.38. The van der Waals surface area contributed by atoms with Gasteiger partial charge < -0.3 is 19.6 Å². The average Bonchev–Trinajstić information content (AvgIpc) is 2.50. The van der Waals surface area contributed by atoms with E-state index in [9.17, 15) is 9.13 Å². The molecule has 2 rings (SSSR count). The molecule has 4 N–H and O–H groups in total. The maximum Gasteiger partial charge on any atom is 0.325 e. The third-order valence-electron chi connectivity index (χ3n) is 3.43. The van der Waals surface area contributed by atoms with Gasteiger partial charge in [0.05, 0.1) is 12.3 Å². The van der Waals surface area contributed by atoms with Crippen LogP contribution in [0.1, 0.15) is 11.3 Å². The van der Waals surface area contributed by atoms with Gasteiger partial charge in [0.1, 0.15) is 0 Å². The first-order valence-corrected chi connectivity index (χ1v) is 10.7. The summed E-state index contributed by atoms with van der Waals surface area (Å²) in [6.07, 6.45) is 4.07. The predicted octanol–water partition coefficient (Wildman–Crippen LogP) is 1.58. The largest absolute Gasteiger partial charge is 0.325 e. The van der Waals surface area contributed by atoms with E-state index in [1.165, 1.54) is 6.20 Å². The van der Waals surface area contributed by atoms with Gasteiger partial charge in [0.15, 0.2) is 0 Å². The topological polar surface area (TPSA) is 141 Å². The fourth-order valence-corrected chi connectivity index (χ4v) is 3.36. The molecule has 0 aliphatic rings. The van der Waals surface area contributed by atoms with E-state index >= 15 is 0 Å². The van der Waals surface area contributed by atoms with Gasteiger partial charge in [-0.3, -0.25) is 19.1 Å². The Morgan fingerprint density at radius 1 is 0.833 bits per heavy atom. The number of aryl methyl sites for hydroxylation is 1. The summed E-state index contributed by atoms with van der Waals surface area (Å²) in [4.78, 5) is 44.5. The third-order valence-corrected chi connectivity index (χ3v) is 5.04. The lowest BCUT2D eigenvalue weighted by molar-refractivity contribution is 0.370. The highest BCUT2D eigenvalue weighted by Gasteiger charge is 2.20. The molecule has 0 amide bonds. The van der Waals surface area contributed by atoms with E-state index in [2.05, 4.69) is 9.97 Å². The smallest absolute Gasteiger partial charge is 0.324 e. The molecule has 0 unspecified atom stereocenters. The van der Waals surface area contributed by atoms with Crippen LogP contribution in [0, 0.1) is 0 Å². The van der Waals surface area contributed by atoms with Crippen molar-refractivity contribution in [1.29, 1.82) is 0 Å². The van der Waals surface area contributed by atoms with Gasteiger partial charge in [0.2, 0.25) is 0 Å². The van der Waals surface area contributed by atoms with Crippen molar-refractivity contribution in [2.45, 2.75) is 12.8 Å². The summed E-state index contributed by atoms with van der Waals surface area (Å²) >= 11 is 0. The molecular formula is C14H18N2O6P2. The Labute approximate surface area is 138 Å². The SMILES string of the molecule is O=P(O)(O)CCc1nccc(-c2ccncc2)c1CCP(=O)(O)O. The molecule has 8 nitrogen and oxygen atoms in total. The van der Waals surface area contributed by atoms with E-state index < -0.39 is 15.2 Å². The third kappa shape index (κ3) is 5.91. The van der Waals surface area contributed by atoms with Crippen molar-refractivity contribution in [1.82, 2.24) is 9.97 Å². The van der Waals surface area contributed by atoms with Crippen LogP contribution in [0.4, 0.5) is 0 Å². The van der Waals surface area contributed by atoms with E-state index in [1.54, 1.807) is 30.6 Å². The molecule has 0 saturated heterocycles. The quantitative estimate of drug-likeness (QED) is 0.537. The normalized spacial score (nSPS) is 12.3. The van der Waals surface area contributed by atoms with Crippen molar-refractivity contribution >= 4 is 15.2 Å². The van der Waals surface area contributed by atoms with Crippen molar-refractivity contribution < 1.29 is 28.7 Å². The van der Waals surface area contributed by atoms with Gasteiger partial charge in [-0.2, -0.15) is 0 Å². The Kier molecular flexibility index (Phi) is 6.04. The minimum Gasteiger partial charge on any atom is -0.324 e. The second-order valence-electron chi connectivity index (χ2n) is 5.30. The molecule has 0 spiro atoms. The number of rotatable bonds is 7. The molecule has 2 heterocycles. The van der Waals surface area contributed by atoms with Gasteiger partial charge in [-0.1, -0.05) is 0 Å². The Bertz CT molecular complexity index is 787. The summed E-state index contributed by atoms with van der Waals surface area (Å²) < 4.78 is 22.3. The van der Waals surface area contributed by atoms with Crippen LogP contribution in [0.2, 0.25) is 0 Å². The molecule has 0 radical (unpaired) electrons. The monoisotopic (exact) mass is 372 g/mol. The van der Waals surface area contributed by atoms with Gasteiger partial charge in [-0.25, -0.2) is 0 Å². The lowest BCUT2D eigenvalue weighted by Crippen LogP contribution is -2.06. The molecule has 0 aromatic carbocycles. The standard InChI is InChI=1S/C14H18N2O6P2/c17-23(18,19)9-4-13-12(11-1-6-15-7-2-11)3-8-16-14(13)5-10-24(20,21)22/h1-3,6-8H,4-5,9-10H2,(H2,17,18,19)(H2,20,21,22). The minimum absolute atomic E-state index is 0.0275. The van der Waals surface area contributed by atoms with Gasteiger partial charge in [0, 0.05) is 30.7 Å². The predicted molar refractivity (Wildman–Crippen MR) is 88.7 cm³/mol. The van der Waals surface area contributed by atoms with Gasteiger partial charge in [-0.15, -0.1) is 0 Å². The minimum atomic E-state index is -4.21. The van der Waals surface area contributed by atoms with E-state index in [0.29, 0.717) is 11.3 Å². The van der Waals surface area contributed by atoms with Crippen LogP contribution in [0.25, 0.3) is 11.1 Å². The average molecular weight is 372 g/mol. The molecule has 130 valence electrons. The van der Waals surface area contributed by atoms with E-state index in [4.69, 9.17) is 19.6 Å². The molecule has 0 aliphatic heterocycles. The van der Waals surface area contributed by atoms with Crippen LogP contribution in [0.15, 0.2) is 36.8 Å². The van der Waals surface area contributed by atoms with E-state index in [1.807, 2.05) is 0 Å². The van der Waals surface area contributed by atoms with Gasteiger partial charge in [-0.05, 0) is 41.3 Å². The van der Waals surface area contributed by atoms with Crippen molar-refractivity contribution in [3.63, 3.8) is 0 Å². The van der Waals surface area contributed by atoms with Gasteiger partial charge in [0.25, 0.3) is 0 Å². The number of hydrogen-bond donors (Lipinski definition) is 4. The summed E-state index contributed by atoms with van der Waals surface area (Å²) in [6, 6.07) is 5.22. The van der Waals surface area contributed by atoms with Crippen LogP contribution < -0.4 is 0 Å². The van der Waals surface area contributed by atoms with Crippen LogP contribution in [0.5, 0.6) is 0 Å². The Balaban J connectivity index is 2.42. The van der Waals surface area contributed by atoms with Crippen molar-refractivity contribution in [3.8, 4) is 11.1 Å². The molecule has 0 fully saturated rings. The maximum atomic E-state index is 11.2. The molecule has 0 atom stereocenters. The second kappa shape index (κ2) is 7.66. The first-order valence-electron chi connectivity index (χ1n) is 7.12. The highest BCUT2D eigenvalue weighted by atomic mass is 31.2. The molecule has 10 heteroatoms. The van der Waals surface area contributed by atoms with E-state index in [-0.39, 0.29) is 25.2 Å². The molecule has 2 aromatic rings. The first-order chi connectivity index (χ1) is 11.2. The van der Waals surface area contributed by atoms with Crippen LogP contribution in [-0.2, 0) is 22.0 Å². The van der Waals surface area contributed by atoms with E-state index in [0.717, 1.165) is 11.1 Å². The number of aromatic nitrogens is 2. The summed E-state index contributed by atoms with van der Waals surface area (Å²) in [7, 11) is -8.40. The maximum absolute atomic E-state index is 11.2. The van der Waals surface area contributed by atoms with Crippen molar-refractivity contribution in [3.05, 3.63) is 48.0 Å². The van der Waals surface area contributed by atoms with Crippen molar-refractivity contribution in [2.24, 2.45) is 0 Å². The highest BCUT2D eigenvalue weighted by molar-refractivity contribution is 7.52. The van der Waals surface area contributed by atoms with Crippen LogP contribution in [0.3, 0.4) is 0 Å². The summed E-state index contributed by atoms with van der Waals surface area (Å²) in [6.45, 7) is 0. The molecule has 0 aliphatic carbocycles. The zero-order valence-corrected chi connectivity index (χ0v) is 14.5. The van der Waals surface area contributed by atoms with Crippen molar-refractivity contribution in [2.75, 3.05) is 12.3 Å². The Morgan fingerprint density at radius 2 is 1.42 bits per heavy atom. The zero-order chi connectivity index (χ0) is 17.8. The lowest BCUT2D eigenvalue weighted by atomic mass is 9.97. The summed E-state index contributed by atoms with van der Waals surface area (Å²) in [5.41, 5.74) is 2.54. The second-order valence-corrected chi connectivity index (χ2v) is 8.85. The number of pyridine rings is 2. The zero-order valence-electron chi connectivity index (χ0n) is 12.7. The fraction of sp³-hybridized carbons (Fsp3) is 0.286. The molecule has 2 aromatic heterocycles. The Morgan fingerprint density at radius 3 is 2.00 bits per heavy atom. The first kappa shape index (κ1) is 18.9. The lowest BCUT2D eigenvalue weighted by Gasteiger charge is -2.15. The molecular weight excluding hydrogens is 354 g/mol. The van der Waals surface area contributed by atoms with Crippen LogP contribution in [-0.4, -0.2) is 41.9 Å². The number of nitrogens with zero attached hydrogens (tertiary/aromatic N) is 2. The summed E-state index contributed by atoms with van der Waals surface area (Å²) in [5.74, 6) is 0. The fourth-order valence-electron chi connectivity index (χ4n) is 2.34. The van der Waals surface area contributed by atoms with Gasteiger partial charge >= 0.3 is 15.2 Å². The Hall–Kier alpha value is -1.40. The molecule has 24 heavy (non-hydrogen) atoms. The summed E-state index contributed by atoms with van der Waals surface area (Å²) in [5, 5.41) is 0. The molecule has 0 bridgehead atoms. The molecule has 0 saturated carbocycles. The van der Waals surface area contributed by atoms with Crippen LogP contribution >= 0.6 is 15.2 Å².